The molecule has 1 amide bonds. The van der Waals surface area contributed by atoms with Crippen molar-refractivity contribution in [3.05, 3.63) is 58.1 Å². The van der Waals surface area contributed by atoms with E-state index >= 15 is 0 Å². The monoisotopic (exact) mass is 389 g/mol. The number of rotatable bonds is 8. The van der Waals surface area contributed by atoms with Gasteiger partial charge in [-0.3, -0.25) is 4.79 Å². The van der Waals surface area contributed by atoms with Crippen molar-refractivity contribution in [2.24, 2.45) is 0 Å². The van der Waals surface area contributed by atoms with E-state index in [1.807, 2.05) is 44.2 Å². The normalized spacial score (nSPS) is 12.0. The van der Waals surface area contributed by atoms with Gasteiger partial charge in [0.2, 0.25) is 0 Å². The summed E-state index contributed by atoms with van der Waals surface area (Å²) < 4.78 is 11.6. The predicted octanol–water partition coefficient (Wildman–Crippen LogP) is 5.04. The predicted molar refractivity (Wildman–Crippen MR) is 110 cm³/mol. The molecular weight excluding hydrogens is 362 g/mol. The average molecular weight is 390 g/mol. The number of hydrogen-bond donors (Lipinski definition) is 1. The smallest absolute Gasteiger partial charge is 0.260 e. The van der Waals surface area contributed by atoms with E-state index in [-0.39, 0.29) is 5.91 Å². The molecule has 146 valence electrons. The van der Waals surface area contributed by atoms with Crippen molar-refractivity contribution in [2.45, 2.75) is 46.6 Å². The van der Waals surface area contributed by atoms with Gasteiger partial charge in [0.15, 0.2) is 6.10 Å². The lowest BCUT2D eigenvalue weighted by molar-refractivity contribution is -0.127. The fourth-order valence-corrected chi connectivity index (χ4v) is 2.91. The molecule has 27 heavy (non-hydrogen) atoms. The highest BCUT2D eigenvalue weighted by atomic mass is 35.5. The van der Waals surface area contributed by atoms with Gasteiger partial charge in [-0.25, -0.2) is 0 Å². The van der Waals surface area contributed by atoms with Gasteiger partial charge in [-0.15, -0.1) is 0 Å². The summed E-state index contributed by atoms with van der Waals surface area (Å²) >= 11 is 6.17. The lowest BCUT2D eigenvalue weighted by atomic mass is 10.0. The number of ether oxygens (including phenoxy) is 2. The van der Waals surface area contributed by atoms with Gasteiger partial charge >= 0.3 is 0 Å². The van der Waals surface area contributed by atoms with Crippen LogP contribution in [-0.2, 0) is 4.79 Å². The molecule has 2 rings (SSSR count). The molecule has 4 nitrogen and oxygen atoms in total. The van der Waals surface area contributed by atoms with Crippen LogP contribution in [0.3, 0.4) is 0 Å². The first-order valence-corrected chi connectivity index (χ1v) is 9.60. The third-order valence-corrected chi connectivity index (χ3v) is 4.89. The van der Waals surface area contributed by atoms with E-state index in [4.69, 9.17) is 21.1 Å². The van der Waals surface area contributed by atoms with Crippen LogP contribution in [0, 0.1) is 13.8 Å². The van der Waals surface area contributed by atoms with Crippen LogP contribution in [0.5, 0.6) is 11.5 Å². The second-order valence-electron chi connectivity index (χ2n) is 6.96. The summed E-state index contributed by atoms with van der Waals surface area (Å²) in [6, 6.07) is 11.6. The summed E-state index contributed by atoms with van der Waals surface area (Å²) in [5, 5.41) is 3.57. The van der Waals surface area contributed by atoms with Crippen LogP contribution >= 0.6 is 11.6 Å². The molecule has 0 spiro atoms. The summed E-state index contributed by atoms with van der Waals surface area (Å²) in [5.74, 6) is 1.70. The molecule has 1 atom stereocenters. The Bertz CT molecular complexity index is 766. The molecule has 0 fully saturated rings. The van der Waals surface area contributed by atoms with Gasteiger partial charge in [-0.1, -0.05) is 43.6 Å². The van der Waals surface area contributed by atoms with Crippen LogP contribution < -0.4 is 14.8 Å². The van der Waals surface area contributed by atoms with Crippen molar-refractivity contribution in [2.75, 3.05) is 13.2 Å². The van der Waals surface area contributed by atoms with Crippen molar-refractivity contribution in [3.63, 3.8) is 0 Å². The van der Waals surface area contributed by atoms with Crippen LogP contribution in [0.4, 0.5) is 0 Å². The Balaban J connectivity index is 1.82. The van der Waals surface area contributed by atoms with E-state index in [1.54, 1.807) is 6.92 Å². The average Bonchev–Trinajstić information content (AvgIpc) is 2.63. The van der Waals surface area contributed by atoms with E-state index in [2.05, 4.69) is 25.2 Å². The number of nitrogens with one attached hydrogen (secondary N) is 1. The minimum Gasteiger partial charge on any atom is -0.491 e. The van der Waals surface area contributed by atoms with Crippen LogP contribution in [0.1, 0.15) is 43.4 Å². The number of amides is 1. The van der Waals surface area contributed by atoms with E-state index in [1.165, 1.54) is 0 Å². The lowest BCUT2D eigenvalue weighted by Gasteiger charge is -2.17. The second-order valence-corrected chi connectivity index (χ2v) is 7.34. The molecule has 0 aliphatic heterocycles. The van der Waals surface area contributed by atoms with Gasteiger partial charge in [0.1, 0.15) is 18.1 Å². The Morgan fingerprint density at radius 2 is 1.74 bits per heavy atom. The maximum Gasteiger partial charge on any atom is 0.260 e. The Hall–Kier alpha value is -2.20. The minimum atomic E-state index is -0.604. The summed E-state index contributed by atoms with van der Waals surface area (Å²) in [6.45, 7) is 10.6. The van der Waals surface area contributed by atoms with Gasteiger partial charge in [0.05, 0.1) is 6.54 Å². The highest BCUT2D eigenvalue weighted by Gasteiger charge is 2.15. The van der Waals surface area contributed by atoms with Crippen molar-refractivity contribution < 1.29 is 14.3 Å². The maximum absolute atomic E-state index is 12.3. The Morgan fingerprint density at radius 1 is 1.11 bits per heavy atom. The molecule has 5 heteroatoms. The molecule has 1 N–H and O–H groups in total. The van der Waals surface area contributed by atoms with Crippen LogP contribution in [0.2, 0.25) is 5.02 Å². The fraction of sp³-hybridized carbons (Fsp3) is 0.409. The Labute approximate surface area is 166 Å². The topological polar surface area (TPSA) is 47.6 Å². The van der Waals surface area contributed by atoms with E-state index in [0.29, 0.717) is 24.8 Å². The number of aryl methyl sites for hydroxylation is 2. The van der Waals surface area contributed by atoms with E-state index in [0.717, 1.165) is 27.5 Å². The molecule has 0 heterocycles. The number of benzene rings is 2. The summed E-state index contributed by atoms with van der Waals surface area (Å²) in [5.41, 5.74) is 3.02. The molecule has 2 aromatic carbocycles. The van der Waals surface area contributed by atoms with Crippen molar-refractivity contribution in [1.82, 2.24) is 5.32 Å². The van der Waals surface area contributed by atoms with Gasteiger partial charge in [0, 0.05) is 5.02 Å². The molecule has 2 aromatic rings. The number of carbonyl (C=O) groups excluding carboxylic acids is 1. The van der Waals surface area contributed by atoms with Crippen LogP contribution in [0.15, 0.2) is 36.4 Å². The first-order valence-electron chi connectivity index (χ1n) is 9.22. The molecule has 0 saturated heterocycles. The number of halogens is 1. The highest BCUT2D eigenvalue weighted by molar-refractivity contribution is 6.32. The minimum absolute atomic E-state index is 0.180. The summed E-state index contributed by atoms with van der Waals surface area (Å²) in [7, 11) is 0. The zero-order chi connectivity index (χ0) is 20.0. The Kier molecular flexibility index (Phi) is 7.55. The van der Waals surface area contributed by atoms with E-state index in [9.17, 15) is 4.79 Å². The zero-order valence-corrected chi connectivity index (χ0v) is 17.4. The lowest BCUT2D eigenvalue weighted by Crippen LogP contribution is -2.38. The van der Waals surface area contributed by atoms with Crippen LogP contribution in [0.25, 0.3) is 0 Å². The largest absolute Gasteiger partial charge is 0.491 e. The van der Waals surface area contributed by atoms with Crippen molar-refractivity contribution in [1.29, 1.82) is 0 Å². The first-order chi connectivity index (χ1) is 12.8. The standard InChI is InChI=1S/C22H28ClNO3/c1-14(2)19-8-6-7-9-20(19)26-11-10-24-22(25)17(5)27-18-12-15(3)21(23)16(4)13-18/h6-9,12-14,17H,10-11H2,1-5H3,(H,24,25)/t17-/m0/s1. The fourth-order valence-electron chi connectivity index (χ4n) is 2.80. The van der Waals surface area contributed by atoms with Crippen molar-refractivity contribution >= 4 is 17.5 Å². The van der Waals surface area contributed by atoms with Gasteiger partial charge in [-0.2, -0.15) is 0 Å². The molecule has 0 aliphatic carbocycles. The second kappa shape index (κ2) is 9.65. The number of hydrogen-bond acceptors (Lipinski definition) is 3. The molecule has 0 radical (unpaired) electrons. The SMILES string of the molecule is Cc1cc(O[C@@H](C)C(=O)NCCOc2ccccc2C(C)C)cc(C)c1Cl. The quantitative estimate of drug-likeness (QED) is 0.643. The van der Waals surface area contributed by atoms with Crippen molar-refractivity contribution in [3.8, 4) is 11.5 Å². The molecule has 0 aliphatic rings. The summed E-state index contributed by atoms with van der Waals surface area (Å²) in [4.78, 5) is 12.3. The molecule has 0 aromatic heterocycles. The highest BCUT2D eigenvalue weighted by Crippen LogP contribution is 2.27. The van der Waals surface area contributed by atoms with Crippen LogP contribution in [-0.4, -0.2) is 25.2 Å². The van der Waals surface area contributed by atoms with Gasteiger partial charge in [0.25, 0.3) is 5.91 Å². The molecule has 0 bridgehead atoms. The maximum atomic E-state index is 12.3. The molecule has 0 unspecified atom stereocenters. The van der Waals surface area contributed by atoms with Gasteiger partial charge < -0.3 is 14.8 Å². The molecule has 0 saturated carbocycles. The number of carbonyl (C=O) groups is 1. The third kappa shape index (κ3) is 5.90. The Morgan fingerprint density at radius 3 is 2.37 bits per heavy atom. The number of para-hydroxylation sites is 1. The zero-order valence-electron chi connectivity index (χ0n) is 16.6. The molecular formula is C22H28ClNO3. The summed E-state index contributed by atoms with van der Waals surface area (Å²) in [6.07, 6.45) is -0.604. The first kappa shape index (κ1) is 21.1. The third-order valence-electron chi connectivity index (χ3n) is 4.29. The van der Waals surface area contributed by atoms with Gasteiger partial charge in [-0.05, 0) is 61.6 Å². The van der Waals surface area contributed by atoms with E-state index < -0.39 is 6.10 Å².